The number of carboxylic acid groups (broad SMARTS) is 1. The number of esters is 2. The van der Waals surface area contributed by atoms with Gasteiger partial charge >= 0.3 is 24.1 Å². The zero-order chi connectivity index (χ0) is 26.2. The molecule has 0 saturated heterocycles. The molecule has 0 bridgehead atoms. The lowest BCUT2D eigenvalue weighted by atomic mass is 9.86. The fourth-order valence-electron chi connectivity index (χ4n) is 2.82. The summed E-state index contributed by atoms with van der Waals surface area (Å²) in [6.07, 6.45) is -2.55. The fourth-order valence-corrected chi connectivity index (χ4v) is 2.82. The van der Waals surface area contributed by atoms with Gasteiger partial charge in [-0.2, -0.15) is 0 Å². The second-order valence-corrected chi connectivity index (χ2v) is 9.12. The zero-order valence-electron chi connectivity index (χ0n) is 20.7. The van der Waals surface area contributed by atoms with Gasteiger partial charge in [-0.05, 0) is 38.5 Å². The number of hydrogen-bond donors (Lipinski definition) is 2. The molecule has 0 aromatic heterocycles. The van der Waals surface area contributed by atoms with Crippen LogP contribution in [0.4, 0.5) is 4.79 Å². The second kappa shape index (κ2) is 12.4. The molecule has 190 valence electrons. The molecule has 2 atom stereocenters. The van der Waals surface area contributed by atoms with Crippen LogP contribution in [0, 0.1) is 11.8 Å². The van der Waals surface area contributed by atoms with Gasteiger partial charge in [-0.25, -0.2) is 4.79 Å². The van der Waals surface area contributed by atoms with Crippen molar-refractivity contribution in [2.24, 2.45) is 17.6 Å². The Bertz CT molecular complexity index is 894. The number of aliphatic carboxylic acids is 1. The van der Waals surface area contributed by atoms with E-state index in [2.05, 4.69) is 0 Å². The maximum absolute atomic E-state index is 12.2. The third-order valence-electron chi connectivity index (χ3n) is 4.60. The molecular weight excluding hydrogens is 446 g/mol. The molecule has 0 amide bonds. The van der Waals surface area contributed by atoms with Crippen LogP contribution in [0.15, 0.2) is 18.2 Å². The lowest BCUT2D eigenvalue weighted by Gasteiger charge is -2.28. The van der Waals surface area contributed by atoms with E-state index < -0.39 is 53.6 Å². The highest BCUT2D eigenvalue weighted by Gasteiger charge is 2.37. The standard InChI is InChI=1S/C24H35NO9/c1-13(2)20(26)33-18-9-8-17(10-19(18)34-21(27)14(3)4)12-24(25,22(28)29)11-16(7)32-23(30)31-15(5)6/h8-10,13-16H,11-12,25H2,1-7H3,(H,28,29)/t16-,24?/m0/s1. The van der Waals surface area contributed by atoms with E-state index in [9.17, 15) is 24.3 Å². The van der Waals surface area contributed by atoms with E-state index in [0.29, 0.717) is 5.56 Å². The highest BCUT2D eigenvalue weighted by atomic mass is 16.7. The Labute approximate surface area is 199 Å². The van der Waals surface area contributed by atoms with Crippen molar-refractivity contribution in [3.8, 4) is 11.5 Å². The fraction of sp³-hybridized carbons (Fsp3) is 0.583. The minimum absolute atomic E-state index is 0.0252. The topological polar surface area (TPSA) is 151 Å². The van der Waals surface area contributed by atoms with Crippen LogP contribution in [-0.4, -0.2) is 46.9 Å². The molecule has 0 heterocycles. The Balaban J connectivity index is 3.18. The smallest absolute Gasteiger partial charge is 0.480 e. The molecule has 3 N–H and O–H groups in total. The lowest BCUT2D eigenvalue weighted by Crippen LogP contribution is -2.52. The van der Waals surface area contributed by atoms with E-state index in [4.69, 9.17) is 24.7 Å². The van der Waals surface area contributed by atoms with Gasteiger partial charge in [-0.15, -0.1) is 0 Å². The molecule has 1 unspecified atom stereocenters. The Morgan fingerprint density at radius 1 is 0.882 bits per heavy atom. The van der Waals surface area contributed by atoms with Crippen molar-refractivity contribution in [3.63, 3.8) is 0 Å². The predicted molar refractivity (Wildman–Crippen MR) is 122 cm³/mol. The van der Waals surface area contributed by atoms with Gasteiger partial charge in [0.25, 0.3) is 0 Å². The average molecular weight is 482 g/mol. The molecule has 1 aromatic rings. The van der Waals surface area contributed by atoms with Crippen LogP contribution in [0.2, 0.25) is 0 Å². The monoisotopic (exact) mass is 481 g/mol. The van der Waals surface area contributed by atoms with Gasteiger partial charge in [0.05, 0.1) is 17.9 Å². The summed E-state index contributed by atoms with van der Waals surface area (Å²) < 4.78 is 20.7. The largest absolute Gasteiger partial charge is 0.508 e. The Morgan fingerprint density at radius 2 is 1.41 bits per heavy atom. The molecule has 0 saturated carbocycles. The summed E-state index contributed by atoms with van der Waals surface area (Å²) in [6.45, 7) is 11.4. The molecular formula is C24H35NO9. The number of hydrogen-bond acceptors (Lipinski definition) is 9. The van der Waals surface area contributed by atoms with E-state index in [0.717, 1.165) is 0 Å². The van der Waals surface area contributed by atoms with Crippen molar-refractivity contribution in [1.29, 1.82) is 0 Å². The van der Waals surface area contributed by atoms with Crippen LogP contribution in [0.3, 0.4) is 0 Å². The number of nitrogens with two attached hydrogens (primary N) is 1. The SMILES string of the molecule is CC(C)OC(=O)O[C@@H](C)CC(N)(Cc1ccc(OC(=O)C(C)C)c(OC(=O)C(C)C)c1)C(=O)O. The third kappa shape index (κ3) is 9.01. The summed E-state index contributed by atoms with van der Waals surface area (Å²) in [6, 6.07) is 4.35. The minimum atomic E-state index is -1.81. The number of rotatable bonds is 11. The van der Waals surface area contributed by atoms with E-state index >= 15 is 0 Å². The van der Waals surface area contributed by atoms with Gasteiger partial charge in [0.15, 0.2) is 11.5 Å². The Morgan fingerprint density at radius 3 is 1.88 bits per heavy atom. The maximum atomic E-state index is 12.2. The average Bonchev–Trinajstić information content (AvgIpc) is 2.68. The molecule has 10 nitrogen and oxygen atoms in total. The number of ether oxygens (including phenoxy) is 4. The summed E-state index contributed by atoms with van der Waals surface area (Å²) in [4.78, 5) is 48.0. The Kier molecular flexibility index (Phi) is 10.5. The molecule has 10 heteroatoms. The van der Waals surface area contributed by atoms with Crippen molar-refractivity contribution in [2.75, 3.05) is 0 Å². The number of benzene rings is 1. The van der Waals surface area contributed by atoms with Crippen molar-refractivity contribution in [3.05, 3.63) is 23.8 Å². The van der Waals surface area contributed by atoms with Gasteiger partial charge < -0.3 is 29.8 Å². The van der Waals surface area contributed by atoms with Crippen molar-refractivity contribution in [2.45, 2.75) is 79.1 Å². The predicted octanol–water partition coefficient (Wildman–Crippen LogP) is 3.47. The van der Waals surface area contributed by atoms with Gasteiger partial charge in [0, 0.05) is 12.8 Å². The van der Waals surface area contributed by atoms with Crippen molar-refractivity contribution in [1.82, 2.24) is 0 Å². The molecule has 0 aliphatic carbocycles. The van der Waals surface area contributed by atoms with Crippen LogP contribution in [0.1, 0.15) is 60.5 Å². The first kappa shape index (κ1) is 28.9. The first-order chi connectivity index (χ1) is 15.6. The summed E-state index contributed by atoms with van der Waals surface area (Å²) in [5.74, 6) is -3.24. The van der Waals surface area contributed by atoms with Crippen LogP contribution in [0.25, 0.3) is 0 Å². The quantitative estimate of drug-likeness (QED) is 0.355. The summed E-state index contributed by atoms with van der Waals surface area (Å²) in [5.41, 5.74) is 4.79. The van der Waals surface area contributed by atoms with Crippen LogP contribution >= 0.6 is 0 Å². The lowest BCUT2D eigenvalue weighted by molar-refractivity contribution is -0.145. The molecule has 1 aromatic carbocycles. The van der Waals surface area contributed by atoms with Gasteiger partial charge in [-0.1, -0.05) is 33.8 Å². The highest BCUT2D eigenvalue weighted by molar-refractivity contribution is 5.80. The van der Waals surface area contributed by atoms with Gasteiger partial charge in [0.2, 0.25) is 0 Å². The van der Waals surface area contributed by atoms with Gasteiger partial charge in [0.1, 0.15) is 11.6 Å². The maximum Gasteiger partial charge on any atom is 0.508 e. The molecule has 34 heavy (non-hydrogen) atoms. The van der Waals surface area contributed by atoms with E-state index in [-0.39, 0.29) is 24.3 Å². The van der Waals surface area contributed by atoms with E-state index in [1.807, 2.05) is 0 Å². The number of carbonyl (C=O) groups is 4. The molecule has 1 rings (SSSR count). The van der Waals surface area contributed by atoms with Crippen molar-refractivity contribution >= 4 is 24.1 Å². The zero-order valence-corrected chi connectivity index (χ0v) is 20.7. The summed E-state index contributed by atoms with van der Waals surface area (Å²) in [5, 5.41) is 9.79. The molecule has 0 fully saturated rings. The molecule has 0 aliphatic heterocycles. The van der Waals surface area contributed by atoms with Crippen LogP contribution in [-0.2, 0) is 30.3 Å². The highest BCUT2D eigenvalue weighted by Crippen LogP contribution is 2.32. The van der Waals surface area contributed by atoms with E-state index in [1.165, 1.54) is 25.1 Å². The number of carbonyl (C=O) groups excluding carboxylic acids is 3. The van der Waals surface area contributed by atoms with Crippen LogP contribution < -0.4 is 15.2 Å². The minimum Gasteiger partial charge on any atom is -0.480 e. The molecule has 0 spiro atoms. The van der Waals surface area contributed by atoms with Crippen molar-refractivity contribution < 1.29 is 43.2 Å². The van der Waals surface area contributed by atoms with Gasteiger partial charge in [-0.3, -0.25) is 14.4 Å². The first-order valence-electron chi connectivity index (χ1n) is 11.1. The summed E-state index contributed by atoms with van der Waals surface area (Å²) >= 11 is 0. The number of carboxylic acids is 1. The third-order valence-corrected chi connectivity index (χ3v) is 4.60. The van der Waals surface area contributed by atoms with E-state index in [1.54, 1.807) is 41.5 Å². The van der Waals surface area contributed by atoms with Crippen LogP contribution in [0.5, 0.6) is 11.5 Å². The molecule has 0 aliphatic rings. The normalized spacial score (nSPS) is 13.9. The second-order valence-electron chi connectivity index (χ2n) is 9.12. The first-order valence-corrected chi connectivity index (χ1v) is 11.1. The molecule has 0 radical (unpaired) electrons. The Hall–Kier alpha value is -3.14. The summed E-state index contributed by atoms with van der Waals surface area (Å²) in [7, 11) is 0.